The minimum absolute atomic E-state index is 0.0617. The number of amides is 3. The molecule has 0 spiro atoms. The molecule has 0 saturated heterocycles. The van der Waals surface area contributed by atoms with E-state index in [2.05, 4.69) is 16.0 Å². The lowest BCUT2D eigenvalue weighted by Crippen LogP contribution is -2.40. The Balaban J connectivity index is 3.71. The van der Waals surface area contributed by atoms with Gasteiger partial charge in [0.1, 0.15) is 5.60 Å². The van der Waals surface area contributed by atoms with E-state index >= 15 is 0 Å². The predicted octanol–water partition coefficient (Wildman–Crippen LogP) is 1.18. The van der Waals surface area contributed by atoms with Gasteiger partial charge in [-0.2, -0.15) is 0 Å². The number of rotatable bonds is 6. The minimum Gasteiger partial charge on any atom is -0.444 e. The second-order valence-electron chi connectivity index (χ2n) is 7.03. The van der Waals surface area contributed by atoms with E-state index in [1.807, 2.05) is 20.8 Å². The fourth-order valence-corrected chi connectivity index (χ4v) is 1.32. The highest BCUT2D eigenvalue weighted by atomic mass is 16.6. The number of ether oxygens (including phenoxy) is 1. The second kappa shape index (κ2) is 8.60. The van der Waals surface area contributed by atoms with Gasteiger partial charge in [-0.3, -0.25) is 9.59 Å². The van der Waals surface area contributed by atoms with E-state index in [9.17, 15) is 14.4 Å². The summed E-state index contributed by atoms with van der Waals surface area (Å²) >= 11 is 0. The molecule has 0 aromatic heterocycles. The maximum absolute atomic E-state index is 11.6. The summed E-state index contributed by atoms with van der Waals surface area (Å²) in [7, 11) is 0. The third kappa shape index (κ3) is 10.9. The highest BCUT2D eigenvalue weighted by Gasteiger charge is 2.20. The first kappa shape index (κ1) is 20.2. The molecule has 0 bridgehead atoms. The molecule has 22 heavy (non-hydrogen) atoms. The molecule has 0 aromatic rings. The van der Waals surface area contributed by atoms with Crippen LogP contribution in [0.25, 0.3) is 0 Å². The van der Waals surface area contributed by atoms with E-state index in [4.69, 9.17) is 4.74 Å². The van der Waals surface area contributed by atoms with Crippen molar-refractivity contribution in [3.05, 3.63) is 0 Å². The predicted molar refractivity (Wildman–Crippen MR) is 84.3 cm³/mol. The zero-order valence-electron chi connectivity index (χ0n) is 14.5. The number of hydrogen-bond donors (Lipinski definition) is 3. The third-order valence-electron chi connectivity index (χ3n) is 2.43. The highest BCUT2D eigenvalue weighted by molar-refractivity contribution is 5.81. The topological polar surface area (TPSA) is 96.5 Å². The molecule has 128 valence electrons. The van der Waals surface area contributed by atoms with E-state index in [1.165, 1.54) is 0 Å². The van der Waals surface area contributed by atoms with Crippen LogP contribution in [0.5, 0.6) is 0 Å². The Morgan fingerprint density at radius 1 is 0.818 bits per heavy atom. The fourth-order valence-electron chi connectivity index (χ4n) is 1.32. The maximum Gasteiger partial charge on any atom is 0.407 e. The normalized spacial score (nSPS) is 11.5. The molecule has 0 saturated carbocycles. The van der Waals surface area contributed by atoms with Gasteiger partial charge >= 0.3 is 6.09 Å². The van der Waals surface area contributed by atoms with Gasteiger partial charge in [-0.05, 0) is 20.8 Å². The number of carbonyl (C=O) groups is 3. The lowest BCUT2D eigenvalue weighted by Gasteiger charge is -2.19. The van der Waals surface area contributed by atoms with Crippen LogP contribution in [0.2, 0.25) is 0 Å². The molecule has 3 N–H and O–H groups in total. The van der Waals surface area contributed by atoms with Crippen molar-refractivity contribution in [1.82, 2.24) is 16.0 Å². The molecule has 0 radical (unpaired) electrons. The molecule has 0 aliphatic heterocycles. The molecule has 0 atom stereocenters. The summed E-state index contributed by atoms with van der Waals surface area (Å²) in [4.78, 5) is 34.5. The van der Waals surface area contributed by atoms with Crippen molar-refractivity contribution in [3.8, 4) is 0 Å². The molecule has 3 amide bonds. The standard InChI is InChI=1S/C15H29N3O4/c1-14(2,3)12(20)17-10-9-16-11(19)7-8-18-13(21)22-15(4,5)6/h7-10H2,1-6H3,(H,16,19)(H,17,20)(H,18,21). The Bertz CT molecular complexity index is 395. The molecule has 0 unspecified atom stereocenters. The van der Waals surface area contributed by atoms with Crippen molar-refractivity contribution in [2.24, 2.45) is 5.41 Å². The molecule has 0 aromatic carbocycles. The first-order valence-electron chi connectivity index (χ1n) is 7.43. The highest BCUT2D eigenvalue weighted by Crippen LogP contribution is 2.11. The van der Waals surface area contributed by atoms with Crippen molar-refractivity contribution >= 4 is 17.9 Å². The number of nitrogens with one attached hydrogen (secondary N) is 3. The van der Waals surface area contributed by atoms with Gasteiger partial charge in [-0.1, -0.05) is 20.8 Å². The van der Waals surface area contributed by atoms with Gasteiger partial charge in [-0.15, -0.1) is 0 Å². The van der Waals surface area contributed by atoms with Gasteiger partial charge in [-0.25, -0.2) is 4.79 Å². The Morgan fingerprint density at radius 2 is 1.36 bits per heavy atom. The van der Waals surface area contributed by atoms with Gasteiger partial charge in [0.2, 0.25) is 11.8 Å². The quantitative estimate of drug-likeness (QED) is 0.641. The van der Waals surface area contributed by atoms with Gasteiger partial charge < -0.3 is 20.7 Å². The average molecular weight is 315 g/mol. The monoisotopic (exact) mass is 315 g/mol. The van der Waals surface area contributed by atoms with Crippen LogP contribution in [0.1, 0.15) is 48.0 Å². The van der Waals surface area contributed by atoms with Crippen LogP contribution in [0.15, 0.2) is 0 Å². The molecule has 0 fully saturated rings. The molecule has 0 heterocycles. The van der Waals surface area contributed by atoms with Crippen LogP contribution in [-0.4, -0.2) is 43.1 Å². The van der Waals surface area contributed by atoms with Crippen LogP contribution in [0.3, 0.4) is 0 Å². The Kier molecular flexibility index (Phi) is 7.90. The largest absolute Gasteiger partial charge is 0.444 e. The van der Waals surface area contributed by atoms with Gasteiger partial charge in [0.05, 0.1) is 0 Å². The molecule has 7 heteroatoms. The molecule has 0 rings (SSSR count). The molecule has 7 nitrogen and oxygen atoms in total. The summed E-state index contributed by atoms with van der Waals surface area (Å²) < 4.78 is 5.05. The van der Waals surface area contributed by atoms with Crippen molar-refractivity contribution in [1.29, 1.82) is 0 Å². The van der Waals surface area contributed by atoms with Crippen LogP contribution in [0.4, 0.5) is 4.79 Å². The van der Waals surface area contributed by atoms with Crippen LogP contribution >= 0.6 is 0 Å². The minimum atomic E-state index is -0.558. The number of carbonyl (C=O) groups excluding carboxylic acids is 3. The number of hydrogen-bond acceptors (Lipinski definition) is 4. The summed E-state index contributed by atoms with van der Waals surface area (Å²) in [6.07, 6.45) is -0.385. The van der Waals surface area contributed by atoms with Crippen LogP contribution < -0.4 is 16.0 Å². The Hall–Kier alpha value is -1.79. The average Bonchev–Trinajstić information content (AvgIpc) is 2.30. The van der Waals surface area contributed by atoms with Crippen LogP contribution in [0, 0.1) is 5.41 Å². The fraction of sp³-hybridized carbons (Fsp3) is 0.800. The molecular weight excluding hydrogens is 286 g/mol. The lowest BCUT2D eigenvalue weighted by atomic mass is 9.96. The first-order chi connectivity index (χ1) is 9.92. The first-order valence-corrected chi connectivity index (χ1v) is 7.43. The smallest absolute Gasteiger partial charge is 0.407 e. The van der Waals surface area contributed by atoms with Gasteiger partial charge in [0.15, 0.2) is 0 Å². The summed E-state index contributed by atoms with van der Waals surface area (Å²) in [6.45, 7) is 11.7. The van der Waals surface area contributed by atoms with E-state index in [0.717, 1.165) is 0 Å². The van der Waals surface area contributed by atoms with Crippen LogP contribution in [-0.2, 0) is 14.3 Å². The van der Waals surface area contributed by atoms with Gasteiger partial charge in [0.25, 0.3) is 0 Å². The molecular formula is C15H29N3O4. The molecule has 0 aliphatic carbocycles. The SMILES string of the molecule is CC(C)(C)OC(=O)NCCC(=O)NCCNC(=O)C(C)(C)C. The Morgan fingerprint density at radius 3 is 1.86 bits per heavy atom. The van der Waals surface area contributed by atoms with Gasteiger partial charge in [0, 0.05) is 31.5 Å². The second-order valence-corrected chi connectivity index (χ2v) is 7.03. The Labute approximate surface area is 132 Å². The van der Waals surface area contributed by atoms with E-state index < -0.39 is 17.1 Å². The number of alkyl carbamates (subject to hydrolysis) is 1. The lowest BCUT2D eigenvalue weighted by molar-refractivity contribution is -0.128. The summed E-state index contributed by atoms with van der Waals surface area (Å²) in [6, 6.07) is 0. The van der Waals surface area contributed by atoms with Crippen molar-refractivity contribution in [2.45, 2.75) is 53.6 Å². The van der Waals surface area contributed by atoms with E-state index in [0.29, 0.717) is 13.1 Å². The van der Waals surface area contributed by atoms with E-state index in [-0.39, 0.29) is 24.8 Å². The molecule has 0 aliphatic rings. The van der Waals surface area contributed by atoms with Crippen molar-refractivity contribution < 1.29 is 19.1 Å². The summed E-state index contributed by atoms with van der Waals surface area (Å²) in [5.74, 6) is -0.255. The van der Waals surface area contributed by atoms with Crippen molar-refractivity contribution in [3.63, 3.8) is 0 Å². The zero-order valence-corrected chi connectivity index (χ0v) is 14.5. The third-order valence-corrected chi connectivity index (χ3v) is 2.43. The van der Waals surface area contributed by atoms with E-state index in [1.54, 1.807) is 20.8 Å². The summed E-state index contributed by atoms with van der Waals surface area (Å²) in [5.41, 5.74) is -1.00. The summed E-state index contributed by atoms with van der Waals surface area (Å²) in [5, 5.41) is 7.91. The maximum atomic E-state index is 11.6. The zero-order chi connectivity index (χ0) is 17.4. The van der Waals surface area contributed by atoms with Crippen molar-refractivity contribution in [2.75, 3.05) is 19.6 Å².